The molecule has 0 saturated carbocycles. The minimum absolute atomic E-state index is 0.000710. The first-order valence-electron chi connectivity index (χ1n) is 14.5. The van der Waals surface area contributed by atoms with E-state index in [0.29, 0.717) is 18.4 Å². The van der Waals surface area contributed by atoms with E-state index in [2.05, 4.69) is 0 Å². The fourth-order valence-electron chi connectivity index (χ4n) is 4.99. The normalized spacial score (nSPS) is 27.4. The van der Waals surface area contributed by atoms with Crippen LogP contribution in [-0.4, -0.2) is 99.4 Å². The van der Waals surface area contributed by atoms with Crippen molar-refractivity contribution in [3.63, 3.8) is 0 Å². The zero-order valence-corrected chi connectivity index (χ0v) is 24.6. The number of carbonyl (C=O) groups is 2. The van der Waals surface area contributed by atoms with Crippen LogP contribution in [0.15, 0.2) is 72.0 Å². The average Bonchev–Trinajstić information content (AvgIpc) is 3.03. The molecule has 244 valence electrons. The van der Waals surface area contributed by atoms with Crippen molar-refractivity contribution in [3.05, 3.63) is 83.1 Å². The monoisotopic (exact) mass is 630 g/mol. The van der Waals surface area contributed by atoms with Gasteiger partial charge in [-0.05, 0) is 42.3 Å². The Labute approximate surface area is 259 Å². The SMILES string of the molecule is CC=C1C(OC2OC(CO)C(O)C(O)C2O)OC=C(C(=O)OCCc2ccc(O)cc2)C1CC(=O)OCCc1ccc(O)cc1. The molecule has 2 aliphatic heterocycles. The third-order valence-corrected chi connectivity index (χ3v) is 7.56. The quantitative estimate of drug-likeness (QED) is 0.143. The Bertz CT molecular complexity index is 1340. The summed E-state index contributed by atoms with van der Waals surface area (Å²) in [7, 11) is 0. The van der Waals surface area contributed by atoms with Crippen LogP contribution in [0.25, 0.3) is 0 Å². The molecule has 2 heterocycles. The van der Waals surface area contributed by atoms with Crippen molar-refractivity contribution in [1.29, 1.82) is 0 Å². The number of aliphatic hydroxyl groups excluding tert-OH is 4. The molecule has 0 aromatic heterocycles. The van der Waals surface area contributed by atoms with Gasteiger partial charge in [0.2, 0.25) is 6.29 Å². The zero-order valence-electron chi connectivity index (χ0n) is 24.6. The van der Waals surface area contributed by atoms with E-state index in [1.807, 2.05) is 0 Å². The molecule has 0 spiro atoms. The van der Waals surface area contributed by atoms with E-state index in [1.54, 1.807) is 37.3 Å². The lowest BCUT2D eigenvalue weighted by Gasteiger charge is -2.42. The Morgan fingerprint density at radius 2 is 1.42 bits per heavy atom. The molecule has 7 atom stereocenters. The van der Waals surface area contributed by atoms with Crippen LogP contribution in [0.1, 0.15) is 24.5 Å². The molecule has 0 aliphatic carbocycles. The number of aliphatic hydroxyl groups is 4. The first-order chi connectivity index (χ1) is 21.6. The molecule has 2 aliphatic rings. The van der Waals surface area contributed by atoms with Gasteiger partial charge in [0.1, 0.15) is 35.9 Å². The van der Waals surface area contributed by atoms with Gasteiger partial charge in [-0.15, -0.1) is 0 Å². The highest BCUT2D eigenvalue weighted by Gasteiger charge is 2.47. The van der Waals surface area contributed by atoms with Gasteiger partial charge in [-0.3, -0.25) is 4.79 Å². The van der Waals surface area contributed by atoms with Crippen LogP contribution in [0.3, 0.4) is 0 Å². The molecule has 45 heavy (non-hydrogen) atoms. The predicted molar refractivity (Wildman–Crippen MR) is 155 cm³/mol. The smallest absolute Gasteiger partial charge is 0.337 e. The van der Waals surface area contributed by atoms with Crippen LogP contribution in [-0.2, 0) is 46.1 Å². The Morgan fingerprint density at radius 1 is 0.844 bits per heavy atom. The van der Waals surface area contributed by atoms with Crippen LogP contribution in [0.2, 0.25) is 0 Å². The number of ether oxygens (including phenoxy) is 5. The molecule has 2 aromatic rings. The lowest BCUT2D eigenvalue weighted by Crippen LogP contribution is -2.60. The summed E-state index contributed by atoms with van der Waals surface area (Å²) in [4.78, 5) is 26.2. The van der Waals surface area contributed by atoms with Crippen molar-refractivity contribution in [2.75, 3.05) is 19.8 Å². The van der Waals surface area contributed by atoms with Crippen LogP contribution in [0.4, 0.5) is 0 Å². The molecule has 13 nitrogen and oxygen atoms in total. The van der Waals surface area contributed by atoms with Crippen LogP contribution in [0, 0.1) is 5.92 Å². The largest absolute Gasteiger partial charge is 0.508 e. The number of carbonyl (C=O) groups excluding carboxylic acids is 2. The molecule has 7 unspecified atom stereocenters. The van der Waals surface area contributed by atoms with Gasteiger partial charge in [-0.1, -0.05) is 30.3 Å². The maximum Gasteiger partial charge on any atom is 0.337 e. The zero-order chi connectivity index (χ0) is 32.5. The number of phenolic OH excluding ortho intramolecular Hbond substituents is 2. The summed E-state index contributed by atoms with van der Waals surface area (Å²) in [5, 5.41) is 59.2. The fraction of sp³-hybridized carbons (Fsp3) is 0.438. The Hall–Kier alpha value is -3.98. The molecule has 0 amide bonds. The maximum atomic E-state index is 13.2. The lowest BCUT2D eigenvalue weighted by molar-refractivity contribution is -0.327. The lowest BCUT2D eigenvalue weighted by atomic mass is 9.86. The number of hydrogen-bond donors (Lipinski definition) is 6. The van der Waals surface area contributed by atoms with Crippen LogP contribution >= 0.6 is 0 Å². The Kier molecular flexibility index (Phi) is 11.9. The van der Waals surface area contributed by atoms with E-state index in [9.17, 15) is 40.2 Å². The minimum Gasteiger partial charge on any atom is -0.508 e. The van der Waals surface area contributed by atoms with Crippen LogP contribution in [0.5, 0.6) is 11.5 Å². The average molecular weight is 631 g/mol. The number of rotatable bonds is 12. The van der Waals surface area contributed by atoms with Gasteiger partial charge >= 0.3 is 11.9 Å². The van der Waals surface area contributed by atoms with Crippen LogP contribution < -0.4 is 0 Å². The van der Waals surface area contributed by atoms with E-state index >= 15 is 0 Å². The standard InChI is InChI=1S/C32H38O13/c1-2-22-23(15-26(36)41-13-11-18-3-7-20(34)8-4-18)24(30(40)42-14-12-19-5-9-21(35)10-6-19)17-43-31(22)45-32-29(39)28(38)27(37)25(16-33)44-32/h2-10,17,23,25,27-29,31-35,37-39H,11-16H2,1H3. The molecule has 13 heteroatoms. The van der Waals surface area contributed by atoms with E-state index in [0.717, 1.165) is 17.4 Å². The maximum absolute atomic E-state index is 13.2. The minimum atomic E-state index is -1.71. The number of benzene rings is 2. The Balaban J connectivity index is 1.47. The molecule has 2 aromatic carbocycles. The van der Waals surface area contributed by atoms with E-state index in [1.165, 1.54) is 24.3 Å². The van der Waals surface area contributed by atoms with Crippen molar-refractivity contribution in [3.8, 4) is 11.5 Å². The molecular formula is C32H38O13. The second-order valence-corrected chi connectivity index (χ2v) is 10.6. The van der Waals surface area contributed by atoms with Gasteiger partial charge in [0.15, 0.2) is 6.29 Å². The third kappa shape index (κ3) is 8.81. The highest BCUT2D eigenvalue weighted by atomic mass is 16.8. The van der Waals surface area contributed by atoms with E-state index < -0.39 is 61.5 Å². The number of hydrogen-bond acceptors (Lipinski definition) is 13. The molecular weight excluding hydrogens is 592 g/mol. The number of phenols is 2. The van der Waals surface area contributed by atoms with Gasteiger partial charge in [-0.25, -0.2) is 4.79 Å². The van der Waals surface area contributed by atoms with Crippen molar-refractivity contribution >= 4 is 11.9 Å². The molecule has 4 rings (SSSR count). The Morgan fingerprint density at radius 3 is 1.98 bits per heavy atom. The first kappa shape index (κ1) is 33.9. The fourth-order valence-corrected chi connectivity index (χ4v) is 4.99. The summed E-state index contributed by atoms with van der Waals surface area (Å²) in [6, 6.07) is 12.9. The van der Waals surface area contributed by atoms with Gasteiger partial charge in [-0.2, -0.15) is 0 Å². The van der Waals surface area contributed by atoms with Gasteiger partial charge in [0, 0.05) is 24.3 Å². The summed E-state index contributed by atoms with van der Waals surface area (Å²) in [6.07, 6.45) is -5.92. The van der Waals surface area contributed by atoms with E-state index in [4.69, 9.17) is 23.7 Å². The van der Waals surface area contributed by atoms with Crippen molar-refractivity contribution in [2.45, 2.75) is 63.2 Å². The third-order valence-electron chi connectivity index (χ3n) is 7.56. The highest BCUT2D eigenvalue weighted by molar-refractivity contribution is 5.91. The van der Waals surface area contributed by atoms with E-state index in [-0.39, 0.29) is 36.7 Å². The summed E-state index contributed by atoms with van der Waals surface area (Å²) in [5.74, 6) is -2.09. The summed E-state index contributed by atoms with van der Waals surface area (Å²) >= 11 is 0. The topological polar surface area (TPSA) is 202 Å². The van der Waals surface area contributed by atoms with Gasteiger partial charge in [0.25, 0.3) is 0 Å². The number of esters is 2. The summed E-state index contributed by atoms with van der Waals surface area (Å²) in [6.45, 7) is 1.01. The number of allylic oxidation sites excluding steroid dienone is 1. The second kappa shape index (κ2) is 15.8. The molecule has 1 saturated heterocycles. The van der Waals surface area contributed by atoms with Gasteiger partial charge in [0.05, 0.1) is 38.1 Å². The highest BCUT2D eigenvalue weighted by Crippen LogP contribution is 2.36. The number of aromatic hydroxyl groups is 2. The molecule has 0 bridgehead atoms. The molecule has 0 radical (unpaired) electrons. The predicted octanol–water partition coefficient (Wildman–Crippen LogP) is 0.979. The van der Waals surface area contributed by atoms with Gasteiger partial charge < -0.3 is 54.3 Å². The van der Waals surface area contributed by atoms with Crippen molar-refractivity contribution < 1.29 is 63.9 Å². The second-order valence-electron chi connectivity index (χ2n) is 10.6. The van der Waals surface area contributed by atoms with Crippen molar-refractivity contribution in [2.24, 2.45) is 5.92 Å². The summed E-state index contributed by atoms with van der Waals surface area (Å²) in [5.41, 5.74) is 1.98. The van der Waals surface area contributed by atoms with Crippen molar-refractivity contribution in [1.82, 2.24) is 0 Å². The summed E-state index contributed by atoms with van der Waals surface area (Å²) < 4.78 is 27.9. The molecule has 1 fully saturated rings. The first-order valence-corrected chi connectivity index (χ1v) is 14.5. The molecule has 6 N–H and O–H groups in total.